The van der Waals surface area contributed by atoms with Gasteiger partial charge in [-0.1, -0.05) is 111 Å². The van der Waals surface area contributed by atoms with E-state index >= 15 is 0 Å². The Hall–Kier alpha value is -2.40. The van der Waals surface area contributed by atoms with Crippen LogP contribution >= 0.6 is 11.8 Å². The molecule has 0 atom stereocenters. The van der Waals surface area contributed by atoms with Gasteiger partial charge in [0.2, 0.25) is 5.75 Å². The molecule has 0 radical (unpaired) electrons. The van der Waals surface area contributed by atoms with Crippen molar-refractivity contribution in [3.8, 4) is 17.2 Å². The number of unbranched alkanes of at least 4 members (excludes halogenated alkanes) is 12. The summed E-state index contributed by atoms with van der Waals surface area (Å²) in [6.07, 6.45) is 22.3. The summed E-state index contributed by atoms with van der Waals surface area (Å²) in [6.45, 7) is 10.8. The molecule has 2 aromatic carbocycles. The highest BCUT2D eigenvalue weighted by Crippen LogP contribution is 2.40. The number of carbonyl (C=O) groups is 1. The maximum Gasteiger partial charge on any atom is 0.203 e. The second kappa shape index (κ2) is 24.9. The van der Waals surface area contributed by atoms with E-state index in [2.05, 4.69) is 27.7 Å². The van der Waals surface area contributed by atoms with E-state index in [0.29, 0.717) is 42.6 Å². The first-order valence-electron chi connectivity index (χ1n) is 17.6. The van der Waals surface area contributed by atoms with Gasteiger partial charge in [0, 0.05) is 10.5 Å². The fraction of sp³-hybridized carbons (Fsp3) is 0.615. The Kier molecular flexibility index (Phi) is 21.4. The third kappa shape index (κ3) is 16.1. The van der Waals surface area contributed by atoms with E-state index in [1.165, 1.54) is 62.7 Å². The molecule has 0 saturated heterocycles. The Bertz CT molecular complexity index is 1010. The monoisotopic (exact) mass is 624 g/mol. The summed E-state index contributed by atoms with van der Waals surface area (Å²) in [5, 5.41) is 0. The number of thioether (sulfide) groups is 1. The number of allylic oxidation sites excluding steroid dienone is 1. The van der Waals surface area contributed by atoms with E-state index in [1.54, 1.807) is 6.08 Å². The van der Waals surface area contributed by atoms with Crippen LogP contribution in [0.3, 0.4) is 0 Å². The number of ketones is 1. The van der Waals surface area contributed by atoms with Crippen LogP contribution in [-0.2, 0) is 0 Å². The molecule has 0 aliphatic heterocycles. The second-order valence-corrected chi connectivity index (χ2v) is 12.9. The molecule has 44 heavy (non-hydrogen) atoms. The molecule has 0 bridgehead atoms. The first kappa shape index (κ1) is 37.8. The van der Waals surface area contributed by atoms with Crippen molar-refractivity contribution in [3.05, 3.63) is 53.6 Å². The number of hydrogen-bond acceptors (Lipinski definition) is 5. The summed E-state index contributed by atoms with van der Waals surface area (Å²) in [6, 6.07) is 11.9. The maximum atomic E-state index is 13.0. The molecule has 246 valence electrons. The summed E-state index contributed by atoms with van der Waals surface area (Å²) in [5.41, 5.74) is 1.57. The molecule has 0 unspecified atom stereocenters. The van der Waals surface area contributed by atoms with Crippen LogP contribution in [0.15, 0.2) is 47.4 Å². The minimum Gasteiger partial charge on any atom is -0.490 e. The van der Waals surface area contributed by atoms with Crippen LogP contribution in [0.1, 0.15) is 146 Å². The van der Waals surface area contributed by atoms with Crippen LogP contribution in [0, 0.1) is 0 Å². The second-order valence-electron chi connectivity index (χ2n) is 11.7. The summed E-state index contributed by atoms with van der Waals surface area (Å²) < 4.78 is 19.1. The lowest BCUT2D eigenvalue weighted by Crippen LogP contribution is -2.07. The van der Waals surface area contributed by atoms with Gasteiger partial charge in [0.15, 0.2) is 17.3 Å². The van der Waals surface area contributed by atoms with E-state index in [-0.39, 0.29) is 5.78 Å². The molecule has 0 aromatic heterocycles. The van der Waals surface area contributed by atoms with Gasteiger partial charge >= 0.3 is 0 Å². The molecule has 0 aliphatic rings. The van der Waals surface area contributed by atoms with Crippen molar-refractivity contribution in [1.82, 2.24) is 0 Å². The fourth-order valence-corrected chi connectivity index (χ4v) is 5.68. The summed E-state index contributed by atoms with van der Waals surface area (Å²) in [4.78, 5) is 14.2. The highest BCUT2D eigenvalue weighted by Gasteiger charge is 2.16. The zero-order chi connectivity index (χ0) is 31.7. The minimum absolute atomic E-state index is 0.0127. The van der Waals surface area contributed by atoms with Crippen LogP contribution in [0.5, 0.6) is 17.2 Å². The van der Waals surface area contributed by atoms with Gasteiger partial charge in [0.05, 0.1) is 19.8 Å². The summed E-state index contributed by atoms with van der Waals surface area (Å²) in [5.74, 6) is 3.19. The number of ether oxygens (including phenoxy) is 3. The lowest BCUT2D eigenvalue weighted by molar-refractivity contribution is 0.104. The Morgan fingerprint density at radius 2 is 1.09 bits per heavy atom. The number of benzene rings is 2. The Labute approximate surface area is 273 Å². The zero-order valence-corrected chi connectivity index (χ0v) is 29.1. The molecule has 5 heteroatoms. The van der Waals surface area contributed by atoms with Gasteiger partial charge in [-0.15, -0.1) is 11.8 Å². The molecular formula is C39H60O4S. The van der Waals surface area contributed by atoms with E-state index < -0.39 is 0 Å². The van der Waals surface area contributed by atoms with Crippen LogP contribution < -0.4 is 14.2 Å². The lowest BCUT2D eigenvalue weighted by Gasteiger charge is -2.18. The largest absolute Gasteiger partial charge is 0.490 e. The van der Waals surface area contributed by atoms with E-state index in [1.807, 2.05) is 54.2 Å². The SMILES string of the molecule is CCCCCCCOc1cc(C=CC(=O)c2ccc(SCCC)cc2)cc(OCCCCCCC)c1OCCCCCCC. The predicted octanol–water partition coefficient (Wildman–Crippen LogP) is 12.1. The van der Waals surface area contributed by atoms with E-state index in [9.17, 15) is 4.79 Å². The third-order valence-corrected chi connectivity index (χ3v) is 8.81. The van der Waals surface area contributed by atoms with Crippen molar-refractivity contribution < 1.29 is 19.0 Å². The van der Waals surface area contributed by atoms with Crippen molar-refractivity contribution in [2.45, 2.75) is 135 Å². The maximum absolute atomic E-state index is 13.0. The smallest absolute Gasteiger partial charge is 0.203 e. The number of hydrogen-bond donors (Lipinski definition) is 0. The number of carbonyl (C=O) groups excluding carboxylic acids is 1. The zero-order valence-electron chi connectivity index (χ0n) is 28.3. The third-order valence-electron chi connectivity index (χ3n) is 7.59. The van der Waals surface area contributed by atoms with Crippen molar-refractivity contribution in [2.24, 2.45) is 0 Å². The molecule has 0 saturated carbocycles. The van der Waals surface area contributed by atoms with Gasteiger partial charge in [0.25, 0.3) is 0 Å². The van der Waals surface area contributed by atoms with Crippen LogP contribution in [0.2, 0.25) is 0 Å². The molecule has 0 amide bonds. The molecule has 0 spiro atoms. The molecule has 2 aromatic rings. The van der Waals surface area contributed by atoms with Gasteiger partial charge in [-0.2, -0.15) is 0 Å². The van der Waals surface area contributed by atoms with Crippen LogP contribution in [0.4, 0.5) is 0 Å². The van der Waals surface area contributed by atoms with Crippen molar-refractivity contribution in [1.29, 1.82) is 0 Å². The van der Waals surface area contributed by atoms with E-state index in [4.69, 9.17) is 14.2 Å². The molecule has 0 fully saturated rings. The molecule has 4 nitrogen and oxygen atoms in total. The fourth-order valence-electron chi connectivity index (χ4n) is 4.91. The predicted molar refractivity (Wildman–Crippen MR) is 190 cm³/mol. The Morgan fingerprint density at radius 1 is 0.614 bits per heavy atom. The van der Waals surface area contributed by atoms with Gasteiger partial charge in [-0.05, 0) is 79.5 Å². The average Bonchev–Trinajstić information content (AvgIpc) is 3.04. The van der Waals surface area contributed by atoms with Gasteiger partial charge < -0.3 is 14.2 Å². The number of rotatable bonds is 27. The summed E-state index contributed by atoms with van der Waals surface area (Å²) in [7, 11) is 0. The molecule has 0 aliphatic carbocycles. The van der Waals surface area contributed by atoms with Crippen LogP contribution in [-0.4, -0.2) is 31.4 Å². The van der Waals surface area contributed by atoms with Crippen molar-refractivity contribution >= 4 is 23.6 Å². The van der Waals surface area contributed by atoms with Gasteiger partial charge in [-0.3, -0.25) is 4.79 Å². The van der Waals surface area contributed by atoms with Crippen LogP contribution in [0.25, 0.3) is 6.08 Å². The van der Waals surface area contributed by atoms with Gasteiger partial charge in [-0.25, -0.2) is 0 Å². The molecular weight excluding hydrogens is 564 g/mol. The standard InChI is InChI=1S/C39H60O4S/c1-5-9-12-15-18-27-41-37-31-33(21-26-36(40)34-22-24-35(25-23-34)44-30-8-4)32-38(42-28-19-16-13-10-6-2)39(37)43-29-20-17-14-11-7-3/h21-26,31-32H,5-20,27-30H2,1-4H3. The first-order valence-corrected chi connectivity index (χ1v) is 18.6. The molecule has 2 rings (SSSR count). The molecule has 0 N–H and O–H groups in total. The topological polar surface area (TPSA) is 44.8 Å². The average molecular weight is 625 g/mol. The van der Waals surface area contributed by atoms with E-state index in [0.717, 1.165) is 56.3 Å². The van der Waals surface area contributed by atoms with Crippen molar-refractivity contribution in [3.63, 3.8) is 0 Å². The Morgan fingerprint density at radius 3 is 1.57 bits per heavy atom. The summed E-state index contributed by atoms with van der Waals surface area (Å²) >= 11 is 1.82. The quantitative estimate of drug-likeness (QED) is 0.0428. The highest BCUT2D eigenvalue weighted by molar-refractivity contribution is 7.99. The lowest BCUT2D eigenvalue weighted by atomic mass is 10.1. The van der Waals surface area contributed by atoms with Crippen molar-refractivity contribution in [2.75, 3.05) is 25.6 Å². The van der Waals surface area contributed by atoms with Gasteiger partial charge in [0.1, 0.15) is 0 Å². The first-order chi connectivity index (χ1) is 21.6. The molecule has 0 heterocycles. The highest BCUT2D eigenvalue weighted by atomic mass is 32.2. The minimum atomic E-state index is -0.0127. The Balaban J connectivity index is 2.24. The normalized spacial score (nSPS) is 11.3.